The molecule has 1 fully saturated rings. The van der Waals surface area contributed by atoms with Crippen LogP contribution in [-0.2, 0) is 4.79 Å². The number of carbonyl (C=O) groups excluding carboxylic acids is 1. The van der Waals surface area contributed by atoms with Crippen molar-refractivity contribution in [2.75, 3.05) is 44.6 Å². The molecule has 0 atom stereocenters. The molecule has 1 aliphatic heterocycles. The lowest BCUT2D eigenvalue weighted by Gasteiger charge is -2.33. The molecule has 0 spiro atoms. The third-order valence-corrected chi connectivity index (χ3v) is 5.44. The minimum atomic E-state index is -0.0217. The number of para-hydroxylation sites is 3. The van der Waals surface area contributed by atoms with Gasteiger partial charge in [0.15, 0.2) is 5.75 Å². The normalized spacial score (nSPS) is 15.0. The summed E-state index contributed by atoms with van der Waals surface area (Å²) in [4.78, 5) is 17.3. The highest BCUT2D eigenvalue weighted by atomic mass is 16.5. The van der Waals surface area contributed by atoms with Crippen LogP contribution < -0.4 is 10.1 Å². The Morgan fingerprint density at radius 3 is 2.19 bits per heavy atom. The van der Waals surface area contributed by atoms with E-state index in [0.717, 1.165) is 38.5 Å². The standard InChI is InChI=1S/C27H29N3O2/c31-27(28-25-15-7-8-16-26(25)32-24-13-5-2-6-14-24)22-30-20-18-29(19-21-30)17-9-12-23-10-3-1-4-11-23/h1-16H,17-22H2,(H,28,31). The van der Waals surface area contributed by atoms with Gasteiger partial charge in [-0.3, -0.25) is 14.6 Å². The van der Waals surface area contributed by atoms with Crippen LogP contribution in [0.3, 0.4) is 0 Å². The van der Waals surface area contributed by atoms with Gasteiger partial charge in [-0.15, -0.1) is 0 Å². The molecule has 0 aliphatic carbocycles. The number of piperazine rings is 1. The van der Waals surface area contributed by atoms with E-state index in [-0.39, 0.29) is 5.91 Å². The van der Waals surface area contributed by atoms with Crippen LogP contribution in [0.5, 0.6) is 11.5 Å². The molecule has 0 aromatic heterocycles. The van der Waals surface area contributed by atoms with Gasteiger partial charge in [-0.25, -0.2) is 0 Å². The number of benzene rings is 3. The van der Waals surface area contributed by atoms with Crippen molar-refractivity contribution in [2.24, 2.45) is 0 Å². The fraction of sp³-hybridized carbons (Fsp3) is 0.222. The van der Waals surface area contributed by atoms with Gasteiger partial charge >= 0.3 is 0 Å². The number of anilines is 1. The Morgan fingerprint density at radius 2 is 1.44 bits per heavy atom. The lowest BCUT2D eigenvalue weighted by molar-refractivity contribution is -0.117. The van der Waals surface area contributed by atoms with Crippen molar-refractivity contribution in [3.8, 4) is 11.5 Å². The first-order valence-electron chi connectivity index (χ1n) is 11.0. The van der Waals surface area contributed by atoms with E-state index < -0.39 is 0 Å². The molecular formula is C27H29N3O2. The highest BCUT2D eigenvalue weighted by molar-refractivity contribution is 5.93. The topological polar surface area (TPSA) is 44.8 Å². The molecular weight excluding hydrogens is 398 g/mol. The van der Waals surface area contributed by atoms with Crippen LogP contribution >= 0.6 is 0 Å². The first kappa shape index (κ1) is 21.8. The van der Waals surface area contributed by atoms with Crippen molar-refractivity contribution >= 4 is 17.7 Å². The Labute approximate surface area is 189 Å². The average Bonchev–Trinajstić information content (AvgIpc) is 2.83. The Bertz CT molecular complexity index is 1010. The van der Waals surface area contributed by atoms with E-state index >= 15 is 0 Å². The van der Waals surface area contributed by atoms with Crippen LogP contribution in [-0.4, -0.2) is 55.0 Å². The van der Waals surface area contributed by atoms with Crippen LogP contribution in [0, 0.1) is 0 Å². The molecule has 5 heteroatoms. The fourth-order valence-electron chi connectivity index (χ4n) is 3.70. The summed E-state index contributed by atoms with van der Waals surface area (Å²) >= 11 is 0. The molecule has 3 aromatic carbocycles. The third kappa shape index (κ3) is 6.54. The van der Waals surface area contributed by atoms with E-state index in [2.05, 4.69) is 51.5 Å². The second kappa shape index (κ2) is 11.3. The highest BCUT2D eigenvalue weighted by Crippen LogP contribution is 2.29. The second-order valence-corrected chi connectivity index (χ2v) is 7.85. The molecule has 1 aliphatic rings. The Morgan fingerprint density at radius 1 is 0.812 bits per heavy atom. The van der Waals surface area contributed by atoms with Crippen molar-refractivity contribution < 1.29 is 9.53 Å². The molecule has 3 aromatic rings. The van der Waals surface area contributed by atoms with E-state index in [4.69, 9.17) is 4.74 Å². The van der Waals surface area contributed by atoms with Crippen molar-refractivity contribution in [1.82, 2.24) is 9.80 Å². The van der Waals surface area contributed by atoms with Gasteiger partial charge in [0.2, 0.25) is 5.91 Å². The zero-order chi connectivity index (χ0) is 22.0. The molecule has 5 nitrogen and oxygen atoms in total. The zero-order valence-corrected chi connectivity index (χ0v) is 18.2. The maximum Gasteiger partial charge on any atom is 0.238 e. The maximum absolute atomic E-state index is 12.7. The van der Waals surface area contributed by atoms with E-state index in [0.29, 0.717) is 18.0 Å². The molecule has 1 N–H and O–H groups in total. The maximum atomic E-state index is 12.7. The average molecular weight is 428 g/mol. The number of carbonyl (C=O) groups is 1. The molecule has 0 saturated carbocycles. The summed E-state index contributed by atoms with van der Waals surface area (Å²) in [6.07, 6.45) is 4.37. The SMILES string of the molecule is O=C(CN1CCN(CC=Cc2ccccc2)CC1)Nc1ccccc1Oc1ccccc1. The molecule has 32 heavy (non-hydrogen) atoms. The van der Waals surface area contributed by atoms with Gasteiger partial charge in [0.1, 0.15) is 5.75 Å². The highest BCUT2D eigenvalue weighted by Gasteiger charge is 2.19. The van der Waals surface area contributed by atoms with E-state index in [1.807, 2.05) is 60.7 Å². The van der Waals surface area contributed by atoms with Crippen LogP contribution in [0.1, 0.15) is 5.56 Å². The quantitative estimate of drug-likeness (QED) is 0.564. The largest absolute Gasteiger partial charge is 0.455 e. The van der Waals surface area contributed by atoms with Crippen molar-refractivity contribution in [1.29, 1.82) is 0 Å². The number of amides is 1. The molecule has 1 heterocycles. The number of rotatable bonds is 8. The van der Waals surface area contributed by atoms with E-state index in [1.54, 1.807) is 0 Å². The molecule has 0 bridgehead atoms. The molecule has 1 saturated heterocycles. The van der Waals surface area contributed by atoms with Crippen molar-refractivity contribution in [3.05, 3.63) is 96.6 Å². The third-order valence-electron chi connectivity index (χ3n) is 5.44. The summed E-state index contributed by atoms with van der Waals surface area (Å²) in [5, 5.41) is 3.01. The Kier molecular flexibility index (Phi) is 7.69. The van der Waals surface area contributed by atoms with Gasteiger partial charge in [-0.1, -0.05) is 72.8 Å². The van der Waals surface area contributed by atoms with Gasteiger partial charge in [0, 0.05) is 32.7 Å². The summed E-state index contributed by atoms with van der Waals surface area (Å²) in [5.41, 5.74) is 1.91. The zero-order valence-electron chi connectivity index (χ0n) is 18.2. The monoisotopic (exact) mass is 427 g/mol. The Balaban J connectivity index is 1.23. The number of nitrogens with one attached hydrogen (secondary N) is 1. The summed E-state index contributed by atoms with van der Waals surface area (Å²) in [6.45, 7) is 5.00. The summed E-state index contributed by atoms with van der Waals surface area (Å²) in [7, 11) is 0. The number of nitrogens with zero attached hydrogens (tertiary/aromatic N) is 2. The van der Waals surface area contributed by atoms with Crippen molar-refractivity contribution in [2.45, 2.75) is 0 Å². The summed E-state index contributed by atoms with van der Waals surface area (Å²) in [5.74, 6) is 1.36. The second-order valence-electron chi connectivity index (χ2n) is 7.85. The number of hydrogen-bond acceptors (Lipinski definition) is 4. The fourth-order valence-corrected chi connectivity index (χ4v) is 3.70. The van der Waals surface area contributed by atoms with E-state index in [9.17, 15) is 4.79 Å². The molecule has 0 radical (unpaired) electrons. The Hall–Kier alpha value is -3.41. The smallest absolute Gasteiger partial charge is 0.238 e. The van der Waals surface area contributed by atoms with Crippen molar-refractivity contribution in [3.63, 3.8) is 0 Å². The van der Waals surface area contributed by atoms with Gasteiger partial charge < -0.3 is 10.1 Å². The first-order chi connectivity index (χ1) is 15.8. The van der Waals surface area contributed by atoms with Crippen LogP contribution in [0.2, 0.25) is 0 Å². The summed E-state index contributed by atoms with van der Waals surface area (Å²) < 4.78 is 5.94. The van der Waals surface area contributed by atoms with Gasteiger partial charge in [0.25, 0.3) is 0 Å². The molecule has 1 amide bonds. The number of hydrogen-bond donors (Lipinski definition) is 1. The predicted molar refractivity (Wildman–Crippen MR) is 130 cm³/mol. The summed E-state index contributed by atoms with van der Waals surface area (Å²) in [6, 6.07) is 27.5. The number of ether oxygens (including phenoxy) is 1. The lowest BCUT2D eigenvalue weighted by Crippen LogP contribution is -2.48. The first-order valence-corrected chi connectivity index (χ1v) is 11.0. The van der Waals surface area contributed by atoms with Gasteiger partial charge in [-0.05, 0) is 29.8 Å². The van der Waals surface area contributed by atoms with Gasteiger partial charge in [-0.2, -0.15) is 0 Å². The predicted octanol–water partition coefficient (Wildman–Crippen LogP) is 4.75. The molecule has 164 valence electrons. The van der Waals surface area contributed by atoms with E-state index in [1.165, 1.54) is 5.56 Å². The van der Waals surface area contributed by atoms with Gasteiger partial charge in [0.05, 0.1) is 12.2 Å². The minimum Gasteiger partial charge on any atom is -0.455 e. The lowest BCUT2D eigenvalue weighted by atomic mass is 10.2. The molecule has 0 unspecified atom stereocenters. The van der Waals surface area contributed by atoms with Crippen LogP contribution in [0.15, 0.2) is 91.0 Å². The van der Waals surface area contributed by atoms with Crippen LogP contribution in [0.4, 0.5) is 5.69 Å². The minimum absolute atomic E-state index is 0.0217. The van der Waals surface area contributed by atoms with Crippen LogP contribution in [0.25, 0.3) is 6.08 Å². The molecule has 4 rings (SSSR count).